The lowest BCUT2D eigenvalue weighted by molar-refractivity contribution is -0.140. The van der Waals surface area contributed by atoms with E-state index in [4.69, 9.17) is 49.0 Å². The maximum atomic E-state index is 11.8. The molecule has 1 aromatic heterocycles. The van der Waals surface area contributed by atoms with E-state index in [1.54, 1.807) is 12.1 Å². The molecule has 0 N–H and O–H groups in total. The van der Waals surface area contributed by atoms with Gasteiger partial charge in [-0.15, -0.1) is 0 Å². The number of hydrogen-bond donors (Lipinski definition) is 0. The average Bonchev–Trinajstić information content (AvgIpc) is 3.07. The molecule has 11 heteroatoms. The Morgan fingerprint density at radius 2 is 1.44 bits per heavy atom. The largest absolute Gasteiger partial charge is 0.489 e. The standard InChI is InChI=1S/C34H34Cl3N3O5/c1-43-29(41)9-5-6-19-40(21-23-10-16-27(17-11-23)34(42)44-2)20-18-25-7-3-4-8-28(25)45-22-24-12-14-26(15-13-24)33-38-31(36)30(35)32(37)39-33/h3-4,7-8,10-17H,5-6,9,18-22H2,1-2H3. The molecule has 3 aromatic carbocycles. The van der Waals surface area contributed by atoms with Crippen molar-refractivity contribution in [3.8, 4) is 17.1 Å². The third-order valence-corrected chi connectivity index (χ3v) is 8.26. The fraction of sp³-hybridized carbons (Fsp3) is 0.294. The molecule has 0 spiro atoms. The monoisotopic (exact) mass is 669 g/mol. The predicted molar refractivity (Wildman–Crippen MR) is 176 cm³/mol. The van der Waals surface area contributed by atoms with Crippen molar-refractivity contribution in [1.82, 2.24) is 14.9 Å². The van der Waals surface area contributed by atoms with Gasteiger partial charge in [0.15, 0.2) is 16.1 Å². The lowest BCUT2D eigenvalue weighted by Crippen LogP contribution is -2.27. The highest BCUT2D eigenvalue weighted by Gasteiger charge is 2.13. The Bertz CT molecular complexity index is 1560. The molecule has 0 bridgehead atoms. The van der Waals surface area contributed by atoms with E-state index < -0.39 is 0 Å². The van der Waals surface area contributed by atoms with Gasteiger partial charge in [-0.1, -0.05) is 89.4 Å². The summed E-state index contributed by atoms with van der Waals surface area (Å²) in [4.78, 5) is 34.2. The molecular formula is C34H34Cl3N3O5. The molecular weight excluding hydrogens is 637 g/mol. The number of nitrogens with zero attached hydrogens (tertiary/aromatic N) is 3. The summed E-state index contributed by atoms with van der Waals surface area (Å²) < 4.78 is 15.8. The molecule has 0 aliphatic heterocycles. The normalized spacial score (nSPS) is 11.0. The van der Waals surface area contributed by atoms with Crippen LogP contribution >= 0.6 is 34.8 Å². The van der Waals surface area contributed by atoms with E-state index in [1.165, 1.54) is 14.2 Å². The molecule has 1 heterocycles. The van der Waals surface area contributed by atoms with Crippen molar-refractivity contribution in [3.05, 3.63) is 110 Å². The summed E-state index contributed by atoms with van der Waals surface area (Å²) in [7, 11) is 2.78. The predicted octanol–water partition coefficient (Wildman–Crippen LogP) is 7.86. The van der Waals surface area contributed by atoms with Crippen molar-refractivity contribution < 1.29 is 23.8 Å². The lowest BCUT2D eigenvalue weighted by Gasteiger charge is -2.23. The van der Waals surface area contributed by atoms with E-state index >= 15 is 0 Å². The summed E-state index contributed by atoms with van der Waals surface area (Å²) in [6, 6.07) is 23.1. The number of carbonyl (C=O) groups excluding carboxylic acids is 2. The molecule has 236 valence electrons. The van der Waals surface area contributed by atoms with E-state index in [1.807, 2.05) is 54.6 Å². The SMILES string of the molecule is COC(=O)CCCCN(CCc1ccccc1OCc1ccc(-c2nc(Cl)c(Cl)c(Cl)n2)cc1)Cc1ccc(C(=O)OC)cc1. The van der Waals surface area contributed by atoms with Crippen molar-refractivity contribution >= 4 is 46.7 Å². The first-order chi connectivity index (χ1) is 21.8. The van der Waals surface area contributed by atoms with Gasteiger partial charge in [-0.3, -0.25) is 9.69 Å². The highest BCUT2D eigenvalue weighted by molar-refractivity contribution is 6.46. The number of methoxy groups -OCH3 is 2. The minimum atomic E-state index is -0.362. The zero-order chi connectivity index (χ0) is 32.2. The number of rotatable bonds is 15. The number of aromatic nitrogens is 2. The van der Waals surface area contributed by atoms with Gasteiger partial charge < -0.3 is 14.2 Å². The first-order valence-corrected chi connectivity index (χ1v) is 15.6. The summed E-state index contributed by atoms with van der Waals surface area (Å²) in [6.45, 7) is 2.66. The Kier molecular flexibility index (Phi) is 13.0. The van der Waals surface area contributed by atoms with E-state index in [9.17, 15) is 9.59 Å². The van der Waals surface area contributed by atoms with E-state index in [-0.39, 0.29) is 27.3 Å². The zero-order valence-electron chi connectivity index (χ0n) is 25.1. The Hall–Kier alpha value is -3.69. The Morgan fingerprint density at radius 3 is 2.11 bits per heavy atom. The van der Waals surface area contributed by atoms with Crippen LogP contribution in [0.2, 0.25) is 15.3 Å². The second kappa shape index (κ2) is 17.1. The van der Waals surface area contributed by atoms with Gasteiger partial charge in [-0.25, -0.2) is 14.8 Å². The molecule has 0 saturated heterocycles. The number of benzene rings is 3. The second-order valence-electron chi connectivity index (χ2n) is 10.3. The molecule has 4 rings (SSSR count). The van der Waals surface area contributed by atoms with Crippen LogP contribution in [-0.4, -0.2) is 54.1 Å². The van der Waals surface area contributed by atoms with Crippen LogP contribution in [0.1, 0.15) is 46.3 Å². The first-order valence-electron chi connectivity index (χ1n) is 14.4. The summed E-state index contributed by atoms with van der Waals surface area (Å²) in [5.41, 5.74) is 4.41. The van der Waals surface area contributed by atoms with Crippen LogP contribution in [0.5, 0.6) is 5.75 Å². The number of ether oxygens (including phenoxy) is 3. The third kappa shape index (κ3) is 10.2. The van der Waals surface area contributed by atoms with Crippen LogP contribution in [-0.2, 0) is 33.8 Å². The van der Waals surface area contributed by atoms with Crippen LogP contribution in [0.15, 0.2) is 72.8 Å². The lowest BCUT2D eigenvalue weighted by atomic mass is 10.1. The molecule has 0 unspecified atom stereocenters. The Balaban J connectivity index is 1.39. The molecule has 0 atom stereocenters. The van der Waals surface area contributed by atoms with Gasteiger partial charge in [0.1, 0.15) is 17.4 Å². The Labute approximate surface area is 278 Å². The molecule has 0 saturated carbocycles. The van der Waals surface area contributed by atoms with E-state index in [0.29, 0.717) is 31.0 Å². The molecule has 0 aliphatic rings. The van der Waals surface area contributed by atoms with Gasteiger partial charge in [0.2, 0.25) is 0 Å². The molecule has 0 fully saturated rings. The summed E-state index contributed by atoms with van der Waals surface area (Å²) in [5, 5.41) is 0.334. The molecule has 4 aromatic rings. The maximum Gasteiger partial charge on any atom is 0.337 e. The topological polar surface area (TPSA) is 90.9 Å². The van der Waals surface area contributed by atoms with Gasteiger partial charge >= 0.3 is 11.9 Å². The average molecular weight is 671 g/mol. The van der Waals surface area contributed by atoms with Crippen LogP contribution in [0.25, 0.3) is 11.4 Å². The van der Waals surface area contributed by atoms with Gasteiger partial charge in [0.05, 0.1) is 19.8 Å². The number of carbonyl (C=O) groups is 2. The molecule has 0 amide bonds. The highest BCUT2D eigenvalue weighted by Crippen LogP contribution is 2.30. The summed E-state index contributed by atoms with van der Waals surface area (Å²) >= 11 is 18.1. The molecule has 8 nitrogen and oxygen atoms in total. The quantitative estimate of drug-likeness (QED) is 0.0718. The molecule has 0 radical (unpaired) electrons. The smallest absolute Gasteiger partial charge is 0.337 e. The van der Waals surface area contributed by atoms with Crippen molar-refractivity contribution in [1.29, 1.82) is 0 Å². The van der Waals surface area contributed by atoms with E-state index in [2.05, 4.69) is 20.9 Å². The number of esters is 2. The minimum absolute atomic E-state index is 0.104. The number of unbranched alkanes of at least 4 members (excludes halogenated alkanes) is 1. The zero-order valence-corrected chi connectivity index (χ0v) is 27.4. The van der Waals surface area contributed by atoms with Crippen LogP contribution in [0.4, 0.5) is 0 Å². The number of hydrogen-bond acceptors (Lipinski definition) is 8. The second-order valence-corrected chi connectivity index (χ2v) is 11.4. The number of para-hydroxylation sites is 1. The fourth-order valence-electron chi connectivity index (χ4n) is 4.66. The van der Waals surface area contributed by atoms with Gasteiger partial charge in [0, 0.05) is 25.1 Å². The van der Waals surface area contributed by atoms with Gasteiger partial charge in [-0.05, 0) is 60.7 Å². The van der Waals surface area contributed by atoms with Crippen LogP contribution in [0, 0.1) is 0 Å². The first kappa shape index (κ1) is 34.2. The van der Waals surface area contributed by atoms with E-state index in [0.717, 1.165) is 60.4 Å². The van der Waals surface area contributed by atoms with Crippen molar-refractivity contribution in [2.24, 2.45) is 0 Å². The van der Waals surface area contributed by atoms with Crippen molar-refractivity contribution in [2.45, 2.75) is 38.8 Å². The molecule has 45 heavy (non-hydrogen) atoms. The minimum Gasteiger partial charge on any atom is -0.489 e. The van der Waals surface area contributed by atoms with Crippen LogP contribution in [0.3, 0.4) is 0 Å². The van der Waals surface area contributed by atoms with Gasteiger partial charge in [-0.2, -0.15) is 0 Å². The summed E-state index contributed by atoms with van der Waals surface area (Å²) in [5.74, 6) is 0.641. The van der Waals surface area contributed by atoms with Crippen molar-refractivity contribution in [3.63, 3.8) is 0 Å². The third-order valence-electron chi connectivity index (χ3n) is 7.16. The maximum absolute atomic E-state index is 11.8. The summed E-state index contributed by atoms with van der Waals surface area (Å²) in [6.07, 6.45) is 2.75. The number of halogens is 3. The van der Waals surface area contributed by atoms with Crippen LogP contribution < -0.4 is 4.74 Å². The molecule has 0 aliphatic carbocycles. The van der Waals surface area contributed by atoms with Gasteiger partial charge in [0.25, 0.3) is 0 Å². The Morgan fingerprint density at radius 1 is 0.778 bits per heavy atom. The van der Waals surface area contributed by atoms with Crippen molar-refractivity contribution in [2.75, 3.05) is 27.3 Å². The fourth-order valence-corrected chi connectivity index (χ4v) is 5.14. The highest BCUT2D eigenvalue weighted by atomic mass is 35.5.